The molecule has 1 amide bonds. The summed E-state index contributed by atoms with van der Waals surface area (Å²) in [6, 6.07) is 13.8. The molecule has 4 aromatic rings. The predicted octanol–water partition coefficient (Wildman–Crippen LogP) is 3.86. The van der Waals surface area contributed by atoms with E-state index in [2.05, 4.69) is 52.7 Å². The van der Waals surface area contributed by atoms with E-state index in [9.17, 15) is 4.79 Å². The molecule has 4 heterocycles. The molecule has 0 radical (unpaired) electrons. The number of hydrogen-bond donors (Lipinski definition) is 3. The van der Waals surface area contributed by atoms with E-state index >= 15 is 0 Å². The van der Waals surface area contributed by atoms with Gasteiger partial charge in [0.25, 0.3) is 0 Å². The summed E-state index contributed by atoms with van der Waals surface area (Å²) in [5, 5.41) is 14.0. The standard InChI is InChI=1S/C27H30N10OS/c1-18-16-23(35-34-18)30-25-31-26(37-14-12-36(13-15-37)17-19-8-10-28-11-9-19)33-27(32-25)39-22-6-4-21(5-7-22)29-24(38)20-2-3-20/h4-11,16,20H,2-3,12-15,17H2,1H3,(H,29,38)(H2,30,31,32,33,34,35). The molecule has 3 N–H and O–H groups in total. The van der Waals surface area contributed by atoms with Crippen molar-refractivity contribution in [2.75, 3.05) is 41.7 Å². The van der Waals surface area contributed by atoms with E-state index in [-0.39, 0.29) is 11.8 Å². The third-order valence-corrected chi connectivity index (χ3v) is 7.51. The van der Waals surface area contributed by atoms with Crippen LogP contribution in [0.3, 0.4) is 0 Å². The van der Waals surface area contributed by atoms with Crippen LogP contribution in [-0.2, 0) is 11.3 Å². The van der Waals surface area contributed by atoms with Gasteiger partial charge < -0.3 is 15.5 Å². The average Bonchev–Trinajstić information content (AvgIpc) is 3.73. The Morgan fingerprint density at radius 3 is 2.49 bits per heavy atom. The topological polar surface area (TPSA) is 128 Å². The quantitative estimate of drug-likeness (QED) is 0.287. The van der Waals surface area contributed by atoms with Gasteiger partial charge in [0.15, 0.2) is 11.0 Å². The molecule has 0 spiro atoms. The molecule has 2 fully saturated rings. The monoisotopic (exact) mass is 542 g/mol. The minimum Gasteiger partial charge on any atom is -0.338 e. The van der Waals surface area contributed by atoms with Crippen molar-refractivity contribution in [3.8, 4) is 0 Å². The zero-order valence-electron chi connectivity index (χ0n) is 21.7. The highest BCUT2D eigenvalue weighted by atomic mass is 32.2. The highest BCUT2D eigenvalue weighted by molar-refractivity contribution is 7.99. The van der Waals surface area contributed by atoms with Gasteiger partial charge in [0, 0.05) is 73.4 Å². The second kappa shape index (κ2) is 11.4. The van der Waals surface area contributed by atoms with E-state index in [4.69, 9.17) is 9.97 Å². The van der Waals surface area contributed by atoms with Crippen molar-refractivity contribution < 1.29 is 4.79 Å². The summed E-state index contributed by atoms with van der Waals surface area (Å²) in [5.74, 6) is 2.01. The molecular weight excluding hydrogens is 512 g/mol. The van der Waals surface area contributed by atoms with Crippen LogP contribution in [0.2, 0.25) is 0 Å². The number of aromatic nitrogens is 6. The fraction of sp³-hybridized carbons (Fsp3) is 0.333. The predicted molar refractivity (Wildman–Crippen MR) is 150 cm³/mol. The number of nitrogens with one attached hydrogen (secondary N) is 3. The van der Waals surface area contributed by atoms with Crippen molar-refractivity contribution in [3.63, 3.8) is 0 Å². The first kappa shape index (κ1) is 25.3. The number of amides is 1. The number of aromatic amines is 1. The van der Waals surface area contributed by atoms with Crippen LogP contribution in [0.15, 0.2) is 64.9 Å². The van der Waals surface area contributed by atoms with E-state index in [0.29, 0.717) is 22.9 Å². The van der Waals surface area contributed by atoms with Crippen molar-refractivity contribution >= 4 is 41.1 Å². The van der Waals surface area contributed by atoms with Crippen molar-refractivity contribution in [1.82, 2.24) is 35.0 Å². The molecule has 1 aromatic carbocycles. The molecular formula is C27H30N10OS. The van der Waals surface area contributed by atoms with Crippen molar-refractivity contribution in [3.05, 3.63) is 66.1 Å². The number of aryl methyl sites for hydroxylation is 1. The molecule has 0 bridgehead atoms. The zero-order chi connectivity index (χ0) is 26.6. The Kier molecular flexibility index (Phi) is 7.37. The molecule has 1 aliphatic carbocycles. The van der Waals surface area contributed by atoms with Crippen molar-refractivity contribution in [2.24, 2.45) is 5.92 Å². The fourth-order valence-electron chi connectivity index (χ4n) is 4.34. The number of carbonyl (C=O) groups excluding carboxylic acids is 1. The Morgan fingerprint density at radius 2 is 1.79 bits per heavy atom. The van der Waals surface area contributed by atoms with Gasteiger partial charge in [0.1, 0.15) is 0 Å². The Bertz CT molecular complexity index is 1420. The highest BCUT2D eigenvalue weighted by Gasteiger charge is 2.29. The number of benzene rings is 1. The number of hydrogen-bond acceptors (Lipinski definition) is 10. The van der Waals surface area contributed by atoms with Crippen LogP contribution in [0.1, 0.15) is 24.1 Å². The summed E-state index contributed by atoms with van der Waals surface area (Å²) in [6.45, 7) is 6.29. The van der Waals surface area contributed by atoms with Gasteiger partial charge >= 0.3 is 0 Å². The smallest absolute Gasteiger partial charge is 0.234 e. The zero-order valence-corrected chi connectivity index (χ0v) is 22.5. The summed E-state index contributed by atoms with van der Waals surface area (Å²) >= 11 is 1.46. The molecule has 1 saturated heterocycles. The van der Waals surface area contributed by atoms with Crippen molar-refractivity contribution in [2.45, 2.75) is 36.4 Å². The third-order valence-electron chi connectivity index (χ3n) is 6.64. The van der Waals surface area contributed by atoms with E-state index in [1.807, 2.05) is 49.6 Å². The summed E-state index contributed by atoms with van der Waals surface area (Å²) < 4.78 is 0. The van der Waals surface area contributed by atoms with Gasteiger partial charge in [-0.25, -0.2) is 0 Å². The van der Waals surface area contributed by atoms with Crippen LogP contribution in [0.4, 0.5) is 23.4 Å². The maximum atomic E-state index is 12.1. The third kappa shape index (κ3) is 6.70. The van der Waals surface area contributed by atoms with Gasteiger partial charge in [-0.2, -0.15) is 20.1 Å². The first-order valence-electron chi connectivity index (χ1n) is 13.1. The fourth-order valence-corrected chi connectivity index (χ4v) is 5.08. The first-order valence-corrected chi connectivity index (χ1v) is 13.9. The molecule has 6 rings (SSSR count). The molecule has 3 aromatic heterocycles. The summed E-state index contributed by atoms with van der Waals surface area (Å²) in [6.07, 6.45) is 5.64. The number of anilines is 4. The van der Waals surface area contributed by atoms with Crippen LogP contribution in [0.25, 0.3) is 0 Å². The van der Waals surface area contributed by atoms with Gasteiger partial charge in [0.2, 0.25) is 17.8 Å². The lowest BCUT2D eigenvalue weighted by molar-refractivity contribution is -0.117. The van der Waals surface area contributed by atoms with Gasteiger partial charge in [-0.3, -0.25) is 19.8 Å². The molecule has 1 aliphatic heterocycles. The second-order valence-electron chi connectivity index (χ2n) is 9.81. The van der Waals surface area contributed by atoms with Crippen LogP contribution < -0.4 is 15.5 Å². The van der Waals surface area contributed by atoms with Crippen LogP contribution in [-0.4, -0.2) is 67.1 Å². The summed E-state index contributed by atoms with van der Waals surface area (Å²) in [7, 11) is 0. The Morgan fingerprint density at radius 1 is 1.03 bits per heavy atom. The van der Waals surface area contributed by atoms with E-state index in [1.165, 1.54) is 17.3 Å². The van der Waals surface area contributed by atoms with Crippen LogP contribution >= 0.6 is 11.8 Å². The Hall–Kier alpha value is -4.03. The lowest BCUT2D eigenvalue weighted by Gasteiger charge is -2.34. The highest BCUT2D eigenvalue weighted by Crippen LogP contribution is 2.31. The maximum Gasteiger partial charge on any atom is 0.234 e. The Balaban J connectivity index is 1.16. The maximum absolute atomic E-state index is 12.1. The number of carbonyl (C=O) groups is 1. The average molecular weight is 543 g/mol. The summed E-state index contributed by atoms with van der Waals surface area (Å²) in [4.78, 5) is 36.0. The lowest BCUT2D eigenvalue weighted by atomic mass is 10.2. The number of rotatable bonds is 9. The molecule has 12 heteroatoms. The van der Waals surface area contributed by atoms with Gasteiger partial charge in [-0.1, -0.05) is 0 Å². The van der Waals surface area contributed by atoms with Gasteiger partial charge in [-0.15, -0.1) is 0 Å². The molecule has 0 atom stereocenters. The number of piperazine rings is 1. The normalized spacial score (nSPS) is 15.8. The molecule has 0 unspecified atom stereocenters. The minimum absolute atomic E-state index is 0.0997. The van der Waals surface area contributed by atoms with Crippen molar-refractivity contribution in [1.29, 1.82) is 0 Å². The van der Waals surface area contributed by atoms with Crippen LogP contribution in [0, 0.1) is 12.8 Å². The summed E-state index contributed by atoms with van der Waals surface area (Å²) in [5.41, 5.74) is 3.00. The van der Waals surface area contributed by atoms with Crippen LogP contribution in [0.5, 0.6) is 0 Å². The largest absolute Gasteiger partial charge is 0.338 e. The molecule has 11 nitrogen and oxygen atoms in total. The molecule has 2 aliphatic rings. The second-order valence-corrected chi connectivity index (χ2v) is 10.9. The molecule has 200 valence electrons. The SMILES string of the molecule is Cc1cc(Nc2nc(Sc3ccc(NC(=O)C4CC4)cc3)nc(N3CCN(Cc4ccncc4)CC3)n2)n[nH]1. The van der Waals surface area contributed by atoms with E-state index < -0.39 is 0 Å². The minimum atomic E-state index is 0.0997. The molecule has 39 heavy (non-hydrogen) atoms. The van der Waals surface area contributed by atoms with E-state index in [1.54, 1.807) is 0 Å². The Labute approximate surface area is 230 Å². The van der Waals surface area contributed by atoms with Gasteiger partial charge in [-0.05, 0) is 73.5 Å². The lowest BCUT2D eigenvalue weighted by Crippen LogP contribution is -2.46. The van der Waals surface area contributed by atoms with Gasteiger partial charge in [0.05, 0.1) is 0 Å². The number of nitrogens with zero attached hydrogens (tertiary/aromatic N) is 7. The number of H-pyrrole nitrogens is 1. The number of pyridine rings is 1. The van der Waals surface area contributed by atoms with E-state index in [0.717, 1.165) is 61.8 Å². The first-order chi connectivity index (χ1) is 19.1. The molecule has 1 saturated carbocycles.